The summed E-state index contributed by atoms with van der Waals surface area (Å²) in [7, 11) is 7.27. The third-order valence-corrected chi connectivity index (χ3v) is 5.72. The van der Waals surface area contributed by atoms with Crippen molar-refractivity contribution in [3.8, 4) is 0 Å². The first-order valence-corrected chi connectivity index (χ1v) is 10.00. The van der Waals surface area contributed by atoms with Gasteiger partial charge < -0.3 is 20.1 Å². The number of amides is 1. The molecule has 1 saturated heterocycles. The van der Waals surface area contributed by atoms with Crippen molar-refractivity contribution >= 4 is 59.0 Å². The standard InChI is InChI=1S/C18H30Cl2N6O.HI/c1-21-18(23-12-13-11-14(19)16(20)25(13)4)22-8-6-10-26-9-5-7-15(26)17(27)24(2)3;/h11,15H,5-10,12H2,1-4H3,(H2,21,22,23);1H. The number of carbonyl (C=O) groups is 1. The highest BCUT2D eigenvalue weighted by Crippen LogP contribution is 2.24. The minimum absolute atomic E-state index is 0. The van der Waals surface area contributed by atoms with Gasteiger partial charge in [0.2, 0.25) is 5.91 Å². The summed E-state index contributed by atoms with van der Waals surface area (Å²) in [5, 5.41) is 7.66. The molecule has 10 heteroatoms. The lowest BCUT2D eigenvalue weighted by atomic mass is 10.2. The number of nitrogens with one attached hydrogen (secondary N) is 2. The van der Waals surface area contributed by atoms with Crippen molar-refractivity contribution in [3.63, 3.8) is 0 Å². The molecule has 0 radical (unpaired) electrons. The number of aromatic nitrogens is 1. The number of rotatable bonds is 7. The fourth-order valence-corrected chi connectivity index (χ4v) is 3.73. The number of halogens is 3. The van der Waals surface area contributed by atoms with Gasteiger partial charge in [-0.25, -0.2) is 0 Å². The average Bonchev–Trinajstić information content (AvgIpc) is 3.20. The number of hydrogen-bond donors (Lipinski definition) is 2. The van der Waals surface area contributed by atoms with Crippen LogP contribution in [0.25, 0.3) is 0 Å². The molecular formula is C18H31Cl2IN6O. The fraction of sp³-hybridized carbons (Fsp3) is 0.667. The second-order valence-electron chi connectivity index (χ2n) is 6.97. The minimum atomic E-state index is 0. The Bertz CT molecular complexity index is 679. The quantitative estimate of drug-likeness (QED) is 0.240. The molecule has 1 atom stereocenters. The first-order chi connectivity index (χ1) is 12.8. The van der Waals surface area contributed by atoms with Crippen LogP contribution in [0, 0.1) is 0 Å². The van der Waals surface area contributed by atoms with Gasteiger partial charge in [-0.05, 0) is 31.9 Å². The zero-order valence-corrected chi connectivity index (χ0v) is 20.8. The molecule has 1 unspecified atom stereocenters. The smallest absolute Gasteiger partial charge is 0.239 e. The van der Waals surface area contributed by atoms with Gasteiger partial charge >= 0.3 is 0 Å². The summed E-state index contributed by atoms with van der Waals surface area (Å²) >= 11 is 12.1. The summed E-state index contributed by atoms with van der Waals surface area (Å²) in [6.07, 6.45) is 2.98. The highest BCUT2D eigenvalue weighted by atomic mass is 127. The molecule has 160 valence electrons. The lowest BCUT2D eigenvalue weighted by Crippen LogP contribution is -2.44. The van der Waals surface area contributed by atoms with Crippen LogP contribution in [0.5, 0.6) is 0 Å². The zero-order chi connectivity index (χ0) is 20.0. The van der Waals surface area contributed by atoms with Gasteiger partial charge in [-0.3, -0.25) is 14.7 Å². The lowest BCUT2D eigenvalue weighted by molar-refractivity contribution is -0.133. The number of likely N-dealkylation sites (N-methyl/N-ethyl adjacent to an activating group) is 1. The second kappa shape index (κ2) is 12.1. The predicted octanol–water partition coefficient (Wildman–Crippen LogP) is 2.56. The Morgan fingerprint density at radius 2 is 2.07 bits per heavy atom. The summed E-state index contributed by atoms with van der Waals surface area (Å²) in [5.41, 5.74) is 0.982. The molecule has 0 spiro atoms. The van der Waals surface area contributed by atoms with Gasteiger partial charge in [0.15, 0.2) is 5.96 Å². The molecule has 28 heavy (non-hydrogen) atoms. The van der Waals surface area contributed by atoms with Gasteiger partial charge in [0.25, 0.3) is 0 Å². The van der Waals surface area contributed by atoms with Crippen molar-refractivity contribution in [3.05, 3.63) is 21.9 Å². The van der Waals surface area contributed by atoms with Gasteiger partial charge in [-0.2, -0.15) is 0 Å². The topological polar surface area (TPSA) is 64.9 Å². The number of carbonyl (C=O) groups excluding carboxylic acids is 1. The third-order valence-electron chi connectivity index (χ3n) is 4.88. The molecule has 1 aromatic heterocycles. The Balaban J connectivity index is 0.00000392. The number of guanidine groups is 1. The Hall–Kier alpha value is -0.710. The van der Waals surface area contributed by atoms with E-state index in [1.807, 2.05) is 31.8 Å². The maximum atomic E-state index is 12.2. The van der Waals surface area contributed by atoms with E-state index < -0.39 is 0 Å². The Morgan fingerprint density at radius 3 is 2.64 bits per heavy atom. The Morgan fingerprint density at radius 1 is 1.36 bits per heavy atom. The van der Waals surface area contributed by atoms with Crippen LogP contribution in [0.15, 0.2) is 11.1 Å². The molecule has 0 bridgehead atoms. The Labute approximate surface area is 194 Å². The van der Waals surface area contributed by atoms with Crippen LogP contribution in [0.3, 0.4) is 0 Å². The lowest BCUT2D eigenvalue weighted by Gasteiger charge is -2.26. The number of hydrogen-bond acceptors (Lipinski definition) is 3. The maximum Gasteiger partial charge on any atom is 0.239 e. The van der Waals surface area contributed by atoms with E-state index in [4.69, 9.17) is 23.2 Å². The van der Waals surface area contributed by atoms with Crippen molar-refractivity contribution < 1.29 is 4.79 Å². The molecule has 0 aliphatic carbocycles. The van der Waals surface area contributed by atoms with Crippen LogP contribution in [-0.2, 0) is 18.4 Å². The van der Waals surface area contributed by atoms with Crippen molar-refractivity contribution in [2.75, 3.05) is 40.8 Å². The fourth-order valence-electron chi connectivity index (χ4n) is 3.31. The maximum absolute atomic E-state index is 12.2. The summed E-state index contributed by atoms with van der Waals surface area (Å²) in [6, 6.07) is 1.88. The molecule has 2 heterocycles. The summed E-state index contributed by atoms with van der Waals surface area (Å²) in [6.45, 7) is 3.26. The molecule has 7 nitrogen and oxygen atoms in total. The summed E-state index contributed by atoms with van der Waals surface area (Å²) < 4.78 is 1.85. The summed E-state index contributed by atoms with van der Waals surface area (Å²) in [4.78, 5) is 20.5. The van der Waals surface area contributed by atoms with Gasteiger partial charge in [0.1, 0.15) is 5.15 Å². The molecule has 1 aliphatic rings. The van der Waals surface area contributed by atoms with Crippen LogP contribution >= 0.6 is 47.2 Å². The molecule has 2 rings (SSSR count). The molecule has 1 amide bonds. The van der Waals surface area contributed by atoms with Crippen LogP contribution in [0.4, 0.5) is 0 Å². The molecular weight excluding hydrogens is 514 g/mol. The number of aliphatic imine (C=N–C) groups is 1. The molecule has 0 aromatic carbocycles. The minimum Gasteiger partial charge on any atom is -0.356 e. The van der Waals surface area contributed by atoms with Crippen LogP contribution in [0.1, 0.15) is 25.0 Å². The van der Waals surface area contributed by atoms with E-state index in [9.17, 15) is 4.79 Å². The number of likely N-dealkylation sites (tertiary alicyclic amines) is 1. The zero-order valence-electron chi connectivity index (χ0n) is 17.0. The molecule has 1 fully saturated rings. The van der Waals surface area contributed by atoms with Gasteiger partial charge in [0, 0.05) is 47.0 Å². The van der Waals surface area contributed by atoms with Crippen molar-refractivity contribution in [2.45, 2.75) is 31.8 Å². The normalized spacial score (nSPS) is 17.4. The van der Waals surface area contributed by atoms with E-state index in [2.05, 4.69) is 20.5 Å². The predicted molar refractivity (Wildman–Crippen MR) is 127 cm³/mol. The second-order valence-corrected chi connectivity index (χ2v) is 7.73. The molecule has 0 saturated carbocycles. The first kappa shape index (κ1) is 25.3. The molecule has 1 aromatic rings. The van der Waals surface area contributed by atoms with Crippen LogP contribution < -0.4 is 10.6 Å². The first-order valence-electron chi connectivity index (χ1n) is 9.24. The van der Waals surface area contributed by atoms with Crippen LogP contribution in [-0.4, -0.2) is 73.1 Å². The van der Waals surface area contributed by atoms with Crippen molar-refractivity contribution in [2.24, 2.45) is 12.0 Å². The SMILES string of the molecule is CN=C(NCCCN1CCCC1C(=O)N(C)C)NCc1cc(Cl)c(Cl)n1C.I. The van der Waals surface area contributed by atoms with Gasteiger partial charge in [-0.15, -0.1) is 24.0 Å². The van der Waals surface area contributed by atoms with Gasteiger partial charge in [-0.1, -0.05) is 23.2 Å². The van der Waals surface area contributed by atoms with E-state index >= 15 is 0 Å². The molecule has 1 aliphatic heterocycles. The highest BCUT2D eigenvalue weighted by Gasteiger charge is 2.30. The van der Waals surface area contributed by atoms with E-state index in [0.717, 1.165) is 50.6 Å². The van der Waals surface area contributed by atoms with E-state index in [1.165, 1.54) is 0 Å². The summed E-state index contributed by atoms with van der Waals surface area (Å²) in [5.74, 6) is 0.934. The monoisotopic (exact) mass is 544 g/mol. The number of nitrogens with zero attached hydrogens (tertiary/aromatic N) is 4. The Kier molecular flexibility index (Phi) is 10.9. The third kappa shape index (κ3) is 6.67. The van der Waals surface area contributed by atoms with E-state index in [0.29, 0.717) is 16.7 Å². The molecule has 2 N–H and O–H groups in total. The van der Waals surface area contributed by atoms with Crippen LogP contribution in [0.2, 0.25) is 10.2 Å². The van der Waals surface area contributed by atoms with Crippen molar-refractivity contribution in [1.82, 2.24) is 25.0 Å². The van der Waals surface area contributed by atoms with E-state index in [-0.39, 0.29) is 35.9 Å². The largest absolute Gasteiger partial charge is 0.356 e. The average molecular weight is 545 g/mol. The highest BCUT2D eigenvalue weighted by molar-refractivity contribution is 14.0. The van der Waals surface area contributed by atoms with E-state index in [1.54, 1.807) is 11.9 Å². The van der Waals surface area contributed by atoms with Gasteiger partial charge in [0.05, 0.1) is 17.6 Å². The van der Waals surface area contributed by atoms with Crippen molar-refractivity contribution in [1.29, 1.82) is 0 Å².